The van der Waals surface area contributed by atoms with Crippen LogP contribution in [0.1, 0.15) is 25.7 Å². The van der Waals surface area contributed by atoms with Crippen LogP contribution in [0.25, 0.3) is 0 Å². The molecule has 1 unspecified atom stereocenters. The molecule has 0 spiro atoms. The van der Waals surface area contributed by atoms with E-state index in [4.69, 9.17) is 4.74 Å². The Morgan fingerprint density at radius 1 is 1.32 bits per heavy atom. The molecule has 2 aliphatic rings. The van der Waals surface area contributed by atoms with Crippen LogP contribution in [0.4, 0.5) is 0 Å². The average Bonchev–Trinajstić information content (AvgIpc) is 2.98. The summed E-state index contributed by atoms with van der Waals surface area (Å²) in [5, 5.41) is 2.82. The fraction of sp³-hybridized carbons (Fsp3) is 0.714. The lowest BCUT2D eigenvalue weighted by molar-refractivity contribution is -0.143. The molecular formula is C14H22N2O3. The lowest BCUT2D eigenvalue weighted by atomic mass is 9.95. The number of likely N-dealkylation sites (tertiary alicyclic amines) is 1. The number of carbonyl (C=O) groups is 2. The van der Waals surface area contributed by atoms with E-state index < -0.39 is 0 Å². The highest BCUT2D eigenvalue weighted by molar-refractivity contribution is 5.82. The first-order chi connectivity index (χ1) is 9.22. The Hall–Kier alpha value is -1.36. The molecule has 0 radical (unpaired) electrons. The first-order valence-corrected chi connectivity index (χ1v) is 7.01. The van der Waals surface area contributed by atoms with Gasteiger partial charge in [-0.2, -0.15) is 0 Å². The van der Waals surface area contributed by atoms with Gasteiger partial charge in [0.1, 0.15) is 6.10 Å². The number of carbonyl (C=O) groups excluding carboxylic acids is 2. The van der Waals surface area contributed by atoms with Crippen LogP contribution in [0.5, 0.6) is 0 Å². The minimum Gasteiger partial charge on any atom is -0.368 e. The molecule has 5 nitrogen and oxygen atoms in total. The van der Waals surface area contributed by atoms with Crippen LogP contribution in [0, 0.1) is 5.92 Å². The number of rotatable bonds is 4. The molecule has 106 valence electrons. The average molecular weight is 266 g/mol. The van der Waals surface area contributed by atoms with Gasteiger partial charge in [0.25, 0.3) is 5.91 Å². The molecule has 2 fully saturated rings. The molecule has 0 aromatic heterocycles. The second-order valence-electron chi connectivity index (χ2n) is 5.14. The molecule has 0 aromatic rings. The monoisotopic (exact) mass is 266 g/mol. The highest BCUT2D eigenvalue weighted by Crippen LogP contribution is 2.21. The summed E-state index contributed by atoms with van der Waals surface area (Å²) in [6.07, 6.45) is 4.71. The Morgan fingerprint density at radius 2 is 2.05 bits per heavy atom. The zero-order valence-electron chi connectivity index (χ0n) is 11.3. The quantitative estimate of drug-likeness (QED) is 0.762. The van der Waals surface area contributed by atoms with Gasteiger partial charge in [0, 0.05) is 32.2 Å². The molecule has 2 aliphatic heterocycles. The summed E-state index contributed by atoms with van der Waals surface area (Å²) >= 11 is 0. The molecule has 0 bridgehead atoms. The van der Waals surface area contributed by atoms with Crippen molar-refractivity contribution >= 4 is 11.8 Å². The van der Waals surface area contributed by atoms with Gasteiger partial charge in [0.2, 0.25) is 5.91 Å². The Balaban J connectivity index is 1.76. The van der Waals surface area contributed by atoms with Crippen molar-refractivity contribution in [2.45, 2.75) is 31.8 Å². The van der Waals surface area contributed by atoms with Crippen molar-refractivity contribution in [3.8, 4) is 0 Å². The summed E-state index contributed by atoms with van der Waals surface area (Å²) < 4.78 is 5.41. The smallest absolute Gasteiger partial charge is 0.251 e. The van der Waals surface area contributed by atoms with E-state index in [1.54, 1.807) is 6.08 Å². The van der Waals surface area contributed by atoms with Crippen LogP contribution in [-0.2, 0) is 14.3 Å². The number of nitrogens with zero attached hydrogens (tertiary/aromatic N) is 1. The minimum atomic E-state index is -0.244. The molecule has 2 heterocycles. The summed E-state index contributed by atoms with van der Waals surface area (Å²) in [7, 11) is 0. The lowest BCUT2D eigenvalue weighted by Crippen LogP contribution is -2.46. The Bertz CT molecular complexity index is 343. The van der Waals surface area contributed by atoms with Gasteiger partial charge in [-0.15, -0.1) is 6.58 Å². The second kappa shape index (κ2) is 6.70. The van der Waals surface area contributed by atoms with Crippen molar-refractivity contribution in [1.82, 2.24) is 10.2 Å². The van der Waals surface area contributed by atoms with Crippen molar-refractivity contribution < 1.29 is 14.3 Å². The third-order valence-corrected chi connectivity index (χ3v) is 3.80. The van der Waals surface area contributed by atoms with Gasteiger partial charge in [-0.05, 0) is 25.7 Å². The summed E-state index contributed by atoms with van der Waals surface area (Å²) in [4.78, 5) is 25.8. The van der Waals surface area contributed by atoms with Gasteiger partial charge in [-0.3, -0.25) is 9.59 Å². The molecule has 2 rings (SSSR count). The molecule has 0 aromatic carbocycles. The summed E-state index contributed by atoms with van der Waals surface area (Å²) in [6, 6.07) is 0. The molecule has 1 N–H and O–H groups in total. The molecule has 0 saturated carbocycles. The van der Waals surface area contributed by atoms with E-state index in [1.165, 1.54) is 0 Å². The summed E-state index contributed by atoms with van der Waals surface area (Å²) in [5.74, 6) is 0.195. The second-order valence-corrected chi connectivity index (χ2v) is 5.14. The predicted octanol–water partition coefficient (Wildman–Crippen LogP) is 0.706. The van der Waals surface area contributed by atoms with Crippen molar-refractivity contribution in [3.63, 3.8) is 0 Å². The maximum Gasteiger partial charge on any atom is 0.251 e. The Labute approximate surface area is 114 Å². The molecule has 1 atom stereocenters. The van der Waals surface area contributed by atoms with E-state index in [2.05, 4.69) is 11.9 Å². The van der Waals surface area contributed by atoms with Crippen LogP contribution in [0.3, 0.4) is 0 Å². The normalized spacial score (nSPS) is 24.2. The highest BCUT2D eigenvalue weighted by atomic mass is 16.5. The number of ether oxygens (including phenoxy) is 1. The Kier molecular flexibility index (Phi) is 4.96. The molecule has 5 heteroatoms. The SMILES string of the molecule is C=CCNC(=O)C1CCN(C(=O)C2CCCO2)CC1. The maximum atomic E-state index is 12.1. The fourth-order valence-corrected chi connectivity index (χ4v) is 2.66. The van der Waals surface area contributed by atoms with Crippen molar-refractivity contribution in [3.05, 3.63) is 12.7 Å². The van der Waals surface area contributed by atoms with Crippen LogP contribution >= 0.6 is 0 Å². The van der Waals surface area contributed by atoms with Crippen molar-refractivity contribution in [2.75, 3.05) is 26.2 Å². The topological polar surface area (TPSA) is 58.6 Å². The summed E-state index contributed by atoms with van der Waals surface area (Å²) in [6.45, 7) is 6.09. The standard InChI is InChI=1S/C14H22N2O3/c1-2-7-15-13(17)11-5-8-16(9-6-11)14(18)12-4-3-10-19-12/h2,11-12H,1,3-10H2,(H,15,17). The van der Waals surface area contributed by atoms with E-state index >= 15 is 0 Å². The maximum absolute atomic E-state index is 12.1. The van der Waals surface area contributed by atoms with Crippen LogP contribution in [0.15, 0.2) is 12.7 Å². The van der Waals surface area contributed by atoms with Crippen LogP contribution in [-0.4, -0.2) is 49.1 Å². The van der Waals surface area contributed by atoms with Crippen molar-refractivity contribution in [2.24, 2.45) is 5.92 Å². The molecular weight excluding hydrogens is 244 g/mol. The van der Waals surface area contributed by atoms with Gasteiger partial charge in [0.05, 0.1) is 0 Å². The number of amides is 2. The van der Waals surface area contributed by atoms with Gasteiger partial charge >= 0.3 is 0 Å². The fourth-order valence-electron chi connectivity index (χ4n) is 2.66. The van der Waals surface area contributed by atoms with Gasteiger partial charge in [-0.1, -0.05) is 6.08 Å². The molecule has 0 aliphatic carbocycles. The van der Waals surface area contributed by atoms with Crippen molar-refractivity contribution in [1.29, 1.82) is 0 Å². The number of nitrogens with one attached hydrogen (secondary N) is 1. The van der Waals surface area contributed by atoms with Gasteiger partial charge < -0.3 is 15.0 Å². The molecule has 2 amide bonds. The first-order valence-electron chi connectivity index (χ1n) is 7.01. The number of hydrogen-bond donors (Lipinski definition) is 1. The first kappa shape index (κ1) is 14.1. The van der Waals surface area contributed by atoms with E-state index in [1.807, 2.05) is 4.90 Å². The zero-order valence-corrected chi connectivity index (χ0v) is 11.3. The van der Waals surface area contributed by atoms with E-state index in [0.717, 1.165) is 25.7 Å². The van der Waals surface area contributed by atoms with E-state index in [-0.39, 0.29) is 23.8 Å². The van der Waals surface area contributed by atoms with Gasteiger partial charge in [0.15, 0.2) is 0 Å². The van der Waals surface area contributed by atoms with E-state index in [0.29, 0.717) is 26.2 Å². The largest absolute Gasteiger partial charge is 0.368 e. The van der Waals surface area contributed by atoms with Gasteiger partial charge in [-0.25, -0.2) is 0 Å². The number of hydrogen-bond acceptors (Lipinski definition) is 3. The van der Waals surface area contributed by atoms with E-state index in [9.17, 15) is 9.59 Å². The van der Waals surface area contributed by atoms with Crippen LogP contribution in [0.2, 0.25) is 0 Å². The summed E-state index contributed by atoms with van der Waals surface area (Å²) in [5.41, 5.74) is 0. The molecule has 19 heavy (non-hydrogen) atoms. The third kappa shape index (κ3) is 3.56. The molecule has 2 saturated heterocycles. The van der Waals surface area contributed by atoms with Crippen LogP contribution < -0.4 is 5.32 Å². The number of piperidine rings is 1. The zero-order chi connectivity index (χ0) is 13.7. The minimum absolute atomic E-state index is 0.0218. The predicted molar refractivity (Wildman–Crippen MR) is 71.5 cm³/mol. The lowest BCUT2D eigenvalue weighted by Gasteiger charge is -2.32. The highest BCUT2D eigenvalue weighted by Gasteiger charge is 2.32. The third-order valence-electron chi connectivity index (χ3n) is 3.80. The Morgan fingerprint density at radius 3 is 2.63 bits per heavy atom.